The van der Waals surface area contributed by atoms with Crippen LogP contribution in [0.3, 0.4) is 0 Å². The smallest absolute Gasteiger partial charge is 0.356 e. The molecule has 136 valence electrons. The quantitative estimate of drug-likeness (QED) is 0.769. The molecule has 0 unspecified atom stereocenters. The van der Waals surface area contributed by atoms with Crippen molar-refractivity contribution >= 4 is 17.8 Å². The van der Waals surface area contributed by atoms with Crippen LogP contribution >= 0.6 is 0 Å². The van der Waals surface area contributed by atoms with Gasteiger partial charge in [-0.05, 0) is 31.2 Å². The first-order valence-electron chi connectivity index (χ1n) is 8.36. The van der Waals surface area contributed by atoms with Crippen LogP contribution < -0.4 is 0 Å². The van der Waals surface area contributed by atoms with E-state index in [1.807, 2.05) is 0 Å². The minimum absolute atomic E-state index is 0.101. The molecule has 1 fully saturated rings. The van der Waals surface area contributed by atoms with Crippen LogP contribution in [-0.2, 0) is 4.74 Å². The van der Waals surface area contributed by atoms with E-state index < -0.39 is 5.97 Å². The molecule has 0 spiro atoms. The number of nitrogens with zero attached hydrogens (tertiary/aromatic N) is 3. The minimum Gasteiger partial charge on any atom is -0.461 e. The molecule has 8 heteroatoms. The average Bonchev–Trinajstić information content (AvgIpc) is 3.22. The predicted molar refractivity (Wildman–Crippen MR) is 90.7 cm³/mol. The molecule has 0 aromatic carbocycles. The van der Waals surface area contributed by atoms with Crippen LogP contribution in [-0.4, -0.2) is 65.4 Å². The van der Waals surface area contributed by atoms with Crippen molar-refractivity contribution in [3.8, 4) is 0 Å². The van der Waals surface area contributed by atoms with Crippen molar-refractivity contribution in [3.63, 3.8) is 0 Å². The zero-order valence-electron chi connectivity index (χ0n) is 14.4. The van der Waals surface area contributed by atoms with Crippen molar-refractivity contribution in [2.75, 3.05) is 32.8 Å². The number of carbonyl (C=O) groups is 3. The van der Waals surface area contributed by atoms with E-state index in [1.165, 1.54) is 12.3 Å². The van der Waals surface area contributed by atoms with Crippen LogP contribution in [0, 0.1) is 0 Å². The maximum atomic E-state index is 12.6. The molecule has 3 heterocycles. The van der Waals surface area contributed by atoms with Crippen molar-refractivity contribution < 1.29 is 23.5 Å². The zero-order valence-corrected chi connectivity index (χ0v) is 14.4. The number of furan rings is 1. The highest BCUT2D eigenvalue weighted by Gasteiger charge is 2.27. The fraction of sp³-hybridized carbons (Fsp3) is 0.333. The SMILES string of the molecule is CCOC(=O)c1cccc(C(=O)N2CCN(C(=O)c3ccco3)CC2)n1. The van der Waals surface area contributed by atoms with Gasteiger partial charge in [0.15, 0.2) is 5.76 Å². The van der Waals surface area contributed by atoms with Gasteiger partial charge in [-0.15, -0.1) is 0 Å². The van der Waals surface area contributed by atoms with E-state index in [2.05, 4.69) is 4.98 Å². The molecule has 2 aromatic heterocycles. The second kappa shape index (κ2) is 7.81. The third-order valence-corrected chi connectivity index (χ3v) is 4.04. The summed E-state index contributed by atoms with van der Waals surface area (Å²) in [5, 5.41) is 0. The molecule has 0 N–H and O–H groups in total. The number of hydrogen-bond acceptors (Lipinski definition) is 6. The number of aromatic nitrogens is 1. The lowest BCUT2D eigenvalue weighted by atomic mass is 10.2. The van der Waals surface area contributed by atoms with Gasteiger partial charge in [0.05, 0.1) is 12.9 Å². The molecule has 2 amide bonds. The van der Waals surface area contributed by atoms with Crippen LogP contribution in [0.1, 0.15) is 38.5 Å². The van der Waals surface area contributed by atoms with Gasteiger partial charge in [0, 0.05) is 26.2 Å². The summed E-state index contributed by atoms with van der Waals surface area (Å²) in [5.41, 5.74) is 0.283. The third-order valence-electron chi connectivity index (χ3n) is 4.04. The maximum Gasteiger partial charge on any atom is 0.356 e. The Labute approximate surface area is 150 Å². The molecule has 0 radical (unpaired) electrons. The van der Waals surface area contributed by atoms with Gasteiger partial charge in [-0.25, -0.2) is 9.78 Å². The second-order valence-electron chi connectivity index (χ2n) is 5.69. The van der Waals surface area contributed by atoms with E-state index in [0.717, 1.165) is 0 Å². The normalized spacial score (nSPS) is 14.2. The summed E-state index contributed by atoms with van der Waals surface area (Å²) < 4.78 is 10.0. The summed E-state index contributed by atoms with van der Waals surface area (Å²) >= 11 is 0. The molecule has 0 bridgehead atoms. The number of pyridine rings is 1. The molecular weight excluding hydrogens is 338 g/mol. The molecule has 0 saturated carbocycles. The molecule has 0 aliphatic carbocycles. The highest BCUT2D eigenvalue weighted by atomic mass is 16.5. The molecular formula is C18H19N3O5. The Balaban J connectivity index is 1.63. The zero-order chi connectivity index (χ0) is 18.5. The van der Waals surface area contributed by atoms with Crippen LogP contribution in [0.4, 0.5) is 0 Å². The van der Waals surface area contributed by atoms with Crippen molar-refractivity contribution in [1.82, 2.24) is 14.8 Å². The lowest BCUT2D eigenvalue weighted by molar-refractivity contribution is 0.0505. The van der Waals surface area contributed by atoms with Crippen molar-refractivity contribution in [2.45, 2.75) is 6.92 Å². The van der Waals surface area contributed by atoms with Gasteiger partial charge in [-0.3, -0.25) is 9.59 Å². The fourth-order valence-corrected chi connectivity index (χ4v) is 2.70. The van der Waals surface area contributed by atoms with Gasteiger partial charge in [0.25, 0.3) is 11.8 Å². The average molecular weight is 357 g/mol. The summed E-state index contributed by atoms with van der Waals surface area (Å²) in [5.74, 6) is -0.740. The van der Waals surface area contributed by atoms with Gasteiger partial charge >= 0.3 is 5.97 Å². The predicted octanol–water partition coefficient (Wildman–Crippen LogP) is 1.45. The second-order valence-corrected chi connectivity index (χ2v) is 5.69. The van der Waals surface area contributed by atoms with Crippen LogP contribution in [0.25, 0.3) is 0 Å². The Morgan fingerprint density at radius 1 is 1.00 bits per heavy atom. The van der Waals surface area contributed by atoms with E-state index in [-0.39, 0.29) is 35.6 Å². The van der Waals surface area contributed by atoms with Gasteiger partial charge in [-0.2, -0.15) is 0 Å². The highest BCUT2D eigenvalue weighted by Crippen LogP contribution is 2.12. The van der Waals surface area contributed by atoms with Gasteiger partial charge < -0.3 is 19.0 Å². The molecule has 1 aliphatic rings. The first kappa shape index (κ1) is 17.7. The molecule has 3 rings (SSSR count). The number of hydrogen-bond donors (Lipinski definition) is 0. The largest absolute Gasteiger partial charge is 0.461 e. The van der Waals surface area contributed by atoms with E-state index in [9.17, 15) is 14.4 Å². The highest BCUT2D eigenvalue weighted by molar-refractivity contribution is 5.95. The van der Waals surface area contributed by atoms with E-state index >= 15 is 0 Å². The monoisotopic (exact) mass is 357 g/mol. The molecule has 8 nitrogen and oxygen atoms in total. The first-order valence-corrected chi connectivity index (χ1v) is 8.36. The molecule has 0 atom stereocenters. The lowest BCUT2D eigenvalue weighted by Gasteiger charge is -2.34. The van der Waals surface area contributed by atoms with E-state index in [0.29, 0.717) is 26.2 Å². The molecule has 2 aromatic rings. The number of esters is 1. The summed E-state index contributed by atoms with van der Waals surface area (Å²) in [4.78, 5) is 44.0. The van der Waals surface area contributed by atoms with Crippen LogP contribution in [0.2, 0.25) is 0 Å². The standard InChI is InChI=1S/C18H19N3O5/c1-2-25-18(24)14-6-3-5-13(19-14)16(22)20-8-10-21(11-9-20)17(23)15-7-4-12-26-15/h3-7,12H,2,8-11H2,1H3. The lowest BCUT2D eigenvalue weighted by Crippen LogP contribution is -2.50. The summed E-state index contributed by atoms with van der Waals surface area (Å²) in [6.07, 6.45) is 1.45. The summed E-state index contributed by atoms with van der Waals surface area (Å²) in [6.45, 7) is 3.53. The van der Waals surface area contributed by atoms with Crippen molar-refractivity contribution in [3.05, 3.63) is 53.7 Å². The van der Waals surface area contributed by atoms with Gasteiger partial charge in [0.2, 0.25) is 0 Å². The van der Waals surface area contributed by atoms with Crippen LogP contribution in [0.15, 0.2) is 41.0 Å². The summed E-state index contributed by atoms with van der Waals surface area (Å²) in [6, 6.07) is 7.95. The molecule has 1 aliphatic heterocycles. The number of ether oxygens (including phenoxy) is 1. The third kappa shape index (κ3) is 3.74. The molecule has 26 heavy (non-hydrogen) atoms. The molecule has 1 saturated heterocycles. The number of carbonyl (C=O) groups excluding carboxylic acids is 3. The van der Waals surface area contributed by atoms with Crippen molar-refractivity contribution in [2.24, 2.45) is 0 Å². The maximum absolute atomic E-state index is 12.6. The van der Waals surface area contributed by atoms with E-state index in [1.54, 1.807) is 41.0 Å². The number of rotatable bonds is 4. The van der Waals surface area contributed by atoms with Gasteiger partial charge in [-0.1, -0.05) is 6.07 Å². The Morgan fingerprint density at radius 2 is 1.65 bits per heavy atom. The van der Waals surface area contributed by atoms with Gasteiger partial charge in [0.1, 0.15) is 11.4 Å². The number of amides is 2. The topological polar surface area (TPSA) is 93.0 Å². The summed E-state index contributed by atoms with van der Waals surface area (Å²) in [7, 11) is 0. The number of piperazine rings is 1. The Bertz CT molecular complexity index is 795. The Hall–Kier alpha value is -3.16. The van der Waals surface area contributed by atoms with E-state index in [4.69, 9.17) is 9.15 Å². The Morgan fingerprint density at radius 3 is 2.27 bits per heavy atom. The van der Waals surface area contributed by atoms with Crippen molar-refractivity contribution in [1.29, 1.82) is 0 Å². The van der Waals surface area contributed by atoms with Crippen LogP contribution in [0.5, 0.6) is 0 Å². The minimum atomic E-state index is -0.559. The Kier molecular flexibility index (Phi) is 5.31. The fourth-order valence-electron chi connectivity index (χ4n) is 2.70. The first-order chi connectivity index (χ1) is 12.6.